The first kappa shape index (κ1) is 10.6. The van der Waals surface area contributed by atoms with E-state index in [1.54, 1.807) is 10.6 Å². The lowest BCUT2D eigenvalue weighted by Gasteiger charge is -2.11. The Balaban J connectivity index is 2.80. The van der Waals surface area contributed by atoms with Crippen molar-refractivity contribution in [1.82, 2.24) is 14.6 Å². The first-order valence-corrected chi connectivity index (χ1v) is 5.20. The molecule has 2 heterocycles. The molecule has 0 bridgehead atoms. The van der Waals surface area contributed by atoms with Crippen molar-refractivity contribution in [1.29, 1.82) is 5.26 Å². The zero-order chi connectivity index (χ0) is 11.9. The van der Waals surface area contributed by atoms with Gasteiger partial charge in [-0.05, 0) is 19.1 Å². The molecule has 0 fully saturated rings. The van der Waals surface area contributed by atoms with Crippen LogP contribution in [-0.4, -0.2) is 14.6 Å². The molecule has 2 aromatic heterocycles. The molecule has 0 spiro atoms. The van der Waals surface area contributed by atoms with Gasteiger partial charge in [0.1, 0.15) is 6.07 Å². The maximum Gasteiger partial charge on any atom is 0.173 e. The van der Waals surface area contributed by atoms with Crippen LogP contribution >= 0.6 is 0 Å². The summed E-state index contributed by atoms with van der Waals surface area (Å²) in [5.41, 5.74) is 2.09. The van der Waals surface area contributed by atoms with Gasteiger partial charge in [-0.25, -0.2) is 9.50 Å². The molecule has 0 saturated heterocycles. The predicted octanol–water partition coefficient (Wildman–Crippen LogP) is 2.21. The lowest BCUT2D eigenvalue weighted by atomic mass is 9.96. The van der Waals surface area contributed by atoms with Gasteiger partial charge in [0.05, 0.1) is 5.56 Å². The maximum atomic E-state index is 9.01. The predicted molar refractivity (Wildman–Crippen MR) is 61.1 cm³/mol. The van der Waals surface area contributed by atoms with Crippen molar-refractivity contribution in [3.8, 4) is 6.07 Å². The molecule has 2 aromatic rings. The number of fused-ring (bicyclic) bond motifs is 1. The van der Waals surface area contributed by atoms with Crippen LogP contribution in [-0.2, 0) is 5.41 Å². The van der Waals surface area contributed by atoms with Gasteiger partial charge in [-0.3, -0.25) is 0 Å². The van der Waals surface area contributed by atoms with Gasteiger partial charge < -0.3 is 0 Å². The lowest BCUT2D eigenvalue weighted by Crippen LogP contribution is -2.13. The highest BCUT2D eigenvalue weighted by Crippen LogP contribution is 2.20. The highest BCUT2D eigenvalue weighted by atomic mass is 15.3. The zero-order valence-corrected chi connectivity index (χ0v) is 9.94. The molecule has 0 saturated carbocycles. The van der Waals surface area contributed by atoms with Gasteiger partial charge in [-0.15, -0.1) is 0 Å². The van der Waals surface area contributed by atoms with Crippen molar-refractivity contribution in [2.24, 2.45) is 0 Å². The molecule has 16 heavy (non-hydrogen) atoms. The summed E-state index contributed by atoms with van der Waals surface area (Å²) < 4.78 is 1.74. The van der Waals surface area contributed by atoms with Crippen LogP contribution in [0.1, 0.15) is 37.9 Å². The summed E-state index contributed by atoms with van der Waals surface area (Å²) in [7, 11) is 0. The average molecular weight is 214 g/mol. The van der Waals surface area contributed by atoms with E-state index in [0.717, 1.165) is 11.5 Å². The van der Waals surface area contributed by atoms with Crippen LogP contribution in [0.5, 0.6) is 0 Å². The van der Waals surface area contributed by atoms with E-state index < -0.39 is 0 Å². The van der Waals surface area contributed by atoms with Crippen LogP contribution in [0.2, 0.25) is 0 Å². The molecule has 0 aromatic carbocycles. The summed E-state index contributed by atoms with van der Waals surface area (Å²) in [6, 6.07) is 5.80. The van der Waals surface area contributed by atoms with Crippen molar-refractivity contribution >= 4 is 5.65 Å². The molecule has 0 unspecified atom stereocenters. The maximum absolute atomic E-state index is 9.01. The first-order valence-electron chi connectivity index (χ1n) is 5.20. The van der Waals surface area contributed by atoms with E-state index in [2.05, 4.69) is 36.9 Å². The SMILES string of the molecule is Cc1ccc(C#N)c2nc(C(C)(C)C)nn12. The summed E-state index contributed by atoms with van der Waals surface area (Å²) in [5.74, 6) is 0.762. The van der Waals surface area contributed by atoms with Crippen LogP contribution in [0.15, 0.2) is 12.1 Å². The Bertz CT molecular complexity index is 581. The average Bonchev–Trinajstić information content (AvgIpc) is 2.63. The third kappa shape index (κ3) is 1.54. The van der Waals surface area contributed by atoms with Crippen molar-refractivity contribution < 1.29 is 0 Å². The largest absolute Gasteiger partial charge is 0.217 e. The lowest BCUT2D eigenvalue weighted by molar-refractivity contribution is 0.544. The molecule has 82 valence electrons. The normalized spacial score (nSPS) is 11.7. The Hall–Kier alpha value is -1.89. The molecule has 4 nitrogen and oxygen atoms in total. The standard InChI is InChI=1S/C12H14N4/c1-8-5-6-9(7-13)10-14-11(12(2,3)4)15-16(8)10/h5-6H,1-4H3. The second-order valence-electron chi connectivity index (χ2n) is 4.92. The Morgan fingerprint density at radius 2 is 2.00 bits per heavy atom. The van der Waals surface area contributed by atoms with E-state index in [4.69, 9.17) is 5.26 Å². The minimum Gasteiger partial charge on any atom is -0.217 e. The van der Waals surface area contributed by atoms with Crippen molar-refractivity contribution in [3.63, 3.8) is 0 Å². The minimum atomic E-state index is -0.106. The number of aryl methyl sites for hydroxylation is 1. The number of nitriles is 1. The third-order valence-corrected chi connectivity index (χ3v) is 2.46. The molecule has 0 amide bonds. The van der Waals surface area contributed by atoms with Gasteiger partial charge in [-0.2, -0.15) is 10.4 Å². The second-order valence-corrected chi connectivity index (χ2v) is 4.92. The molecule has 0 radical (unpaired) electrons. The van der Waals surface area contributed by atoms with E-state index in [9.17, 15) is 0 Å². The topological polar surface area (TPSA) is 54.0 Å². The molecular formula is C12H14N4. The summed E-state index contributed by atoms with van der Waals surface area (Å²) in [4.78, 5) is 4.44. The number of rotatable bonds is 0. The fourth-order valence-electron chi connectivity index (χ4n) is 1.49. The molecule has 0 N–H and O–H groups in total. The van der Waals surface area contributed by atoms with E-state index >= 15 is 0 Å². The Morgan fingerprint density at radius 1 is 1.31 bits per heavy atom. The van der Waals surface area contributed by atoms with Crippen molar-refractivity contribution in [2.45, 2.75) is 33.1 Å². The van der Waals surface area contributed by atoms with Crippen molar-refractivity contribution in [3.05, 3.63) is 29.2 Å². The molecule has 0 aliphatic carbocycles. The van der Waals surface area contributed by atoms with Gasteiger partial charge in [0.2, 0.25) is 0 Å². The van der Waals surface area contributed by atoms with E-state index in [-0.39, 0.29) is 5.41 Å². The van der Waals surface area contributed by atoms with Gasteiger partial charge in [0.25, 0.3) is 0 Å². The Labute approximate surface area is 94.5 Å². The minimum absolute atomic E-state index is 0.106. The Morgan fingerprint density at radius 3 is 2.56 bits per heavy atom. The summed E-state index contributed by atoms with van der Waals surface area (Å²) in [5, 5.41) is 13.5. The summed E-state index contributed by atoms with van der Waals surface area (Å²) >= 11 is 0. The van der Waals surface area contributed by atoms with Crippen LogP contribution in [0, 0.1) is 18.3 Å². The number of aromatic nitrogens is 3. The van der Waals surface area contributed by atoms with Crippen molar-refractivity contribution in [2.75, 3.05) is 0 Å². The molecule has 0 atom stereocenters. The molecule has 0 aliphatic rings. The van der Waals surface area contributed by atoms with Crippen LogP contribution in [0.25, 0.3) is 5.65 Å². The highest BCUT2D eigenvalue weighted by Gasteiger charge is 2.21. The zero-order valence-electron chi connectivity index (χ0n) is 9.94. The van der Waals surface area contributed by atoms with E-state index in [1.807, 2.05) is 13.0 Å². The number of hydrogen-bond acceptors (Lipinski definition) is 3. The van der Waals surface area contributed by atoms with E-state index in [0.29, 0.717) is 11.2 Å². The number of hydrogen-bond donors (Lipinski definition) is 0. The highest BCUT2D eigenvalue weighted by molar-refractivity contribution is 5.55. The van der Waals surface area contributed by atoms with Crippen LogP contribution in [0.3, 0.4) is 0 Å². The molecule has 4 heteroatoms. The number of nitrogens with zero attached hydrogens (tertiary/aromatic N) is 4. The monoisotopic (exact) mass is 214 g/mol. The van der Waals surface area contributed by atoms with E-state index in [1.165, 1.54) is 0 Å². The number of pyridine rings is 1. The fraction of sp³-hybridized carbons (Fsp3) is 0.417. The Kier molecular flexibility index (Phi) is 2.20. The third-order valence-electron chi connectivity index (χ3n) is 2.46. The summed E-state index contributed by atoms with van der Waals surface area (Å²) in [6.07, 6.45) is 0. The fourth-order valence-corrected chi connectivity index (χ4v) is 1.49. The smallest absolute Gasteiger partial charge is 0.173 e. The van der Waals surface area contributed by atoms with Crippen LogP contribution < -0.4 is 0 Å². The quantitative estimate of drug-likeness (QED) is 0.675. The van der Waals surface area contributed by atoms with Crippen LogP contribution in [0.4, 0.5) is 0 Å². The first-order chi connectivity index (χ1) is 7.43. The van der Waals surface area contributed by atoms with Gasteiger partial charge >= 0.3 is 0 Å². The second kappa shape index (κ2) is 3.31. The molecule has 2 rings (SSSR count). The summed E-state index contributed by atoms with van der Waals surface area (Å²) in [6.45, 7) is 8.13. The molecular weight excluding hydrogens is 200 g/mol. The van der Waals surface area contributed by atoms with Gasteiger partial charge in [-0.1, -0.05) is 20.8 Å². The van der Waals surface area contributed by atoms with Gasteiger partial charge in [0.15, 0.2) is 11.5 Å². The van der Waals surface area contributed by atoms with Gasteiger partial charge in [0, 0.05) is 11.1 Å². The molecule has 0 aliphatic heterocycles.